The van der Waals surface area contributed by atoms with E-state index >= 15 is 0 Å². The van der Waals surface area contributed by atoms with E-state index in [0.717, 1.165) is 11.1 Å². The van der Waals surface area contributed by atoms with Crippen molar-refractivity contribution in [1.82, 2.24) is 10.6 Å². The van der Waals surface area contributed by atoms with Crippen LogP contribution < -0.4 is 16.4 Å². The number of nitrogens with two attached hydrogens (primary N) is 1. The maximum absolute atomic E-state index is 12.1. The number of imide groups is 1. The molecule has 7 heteroatoms. The lowest BCUT2D eigenvalue weighted by atomic mass is 10.1. The maximum atomic E-state index is 12.1. The van der Waals surface area contributed by atoms with Gasteiger partial charge in [0, 0.05) is 0 Å². The van der Waals surface area contributed by atoms with Crippen LogP contribution >= 0.6 is 0 Å². The molecule has 3 amide bonds. The summed E-state index contributed by atoms with van der Waals surface area (Å²) in [7, 11) is 0. The third-order valence-corrected chi connectivity index (χ3v) is 3.85. The fourth-order valence-corrected chi connectivity index (χ4v) is 2.36. The van der Waals surface area contributed by atoms with Crippen LogP contribution in [0.25, 0.3) is 0 Å². The lowest BCUT2D eigenvalue weighted by Gasteiger charge is -2.17. The molecule has 4 N–H and O–H groups in total. The van der Waals surface area contributed by atoms with E-state index in [4.69, 9.17) is 10.5 Å². The number of hydrogen-bond donors (Lipinski definition) is 3. The molecule has 27 heavy (non-hydrogen) atoms. The topological polar surface area (TPSA) is 111 Å². The highest BCUT2D eigenvalue weighted by molar-refractivity contribution is 5.95. The SMILES string of the molecule is C[C@@H](NC(=O)[C@@H](N)CC(=O)NC(=O)OCc1ccccc1)c1ccccc1. The minimum Gasteiger partial charge on any atom is -0.444 e. The van der Waals surface area contributed by atoms with Crippen LogP contribution in [0, 0.1) is 0 Å². The summed E-state index contributed by atoms with van der Waals surface area (Å²) in [6.07, 6.45) is -1.21. The van der Waals surface area contributed by atoms with Crippen LogP contribution in [0.2, 0.25) is 0 Å². The van der Waals surface area contributed by atoms with Crippen molar-refractivity contribution in [2.75, 3.05) is 0 Å². The molecule has 0 bridgehead atoms. The summed E-state index contributed by atoms with van der Waals surface area (Å²) in [6, 6.07) is 17.1. The molecule has 0 aliphatic carbocycles. The van der Waals surface area contributed by atoms with E-state index in [1.54, 1.807) is 12.1 Å². The smallest absolute Gasteiger partial charge is 0.414 e. The predicted octanol–water partition coefficient (Wildman–Crippen LogP) is 2.03. The van der Waals surface area contributed by atoms with E-state index in [2.05, 4.69) is 10.6 Å². The Labute approximate surface area is 157 Å². The third kappa shape index (κ3) is 6.91. The number of alkyl carbamates (subject to hydrolysis) is 1. The first-order valence-electron chi connectivity index (χ1n) is 8.57. The Hall–Kier alpha value is -3.19. The summed E-state index contributed by atoms with van der Waals surface area (Å²) >= 11 is 0. The molecule has 0 saturated carbocycles. The minimum atomic E-state index is -1.07. The second kappa shape index (κ2) is 10.1. The zero-order valence-electron chi connectivity index (χ0n) is 15.1. The molecular formula is C20H23N3O4. The van der Waals surface area contributed by atoms with Crippen molar-refractivity contribution in [3.63, 3.8) is 0 Å². The molecule has 142 valence electrons. The van der Waals surface area contributed by atoms with E-state index in [1.807, 2.05) is 55.5 Å². The molecule has 0 spiro atoms. The first-order chi connectivity index (χ1) is 13.0. The van der Waals surface area contributed by atoms with Crippen molar-refractivity contribution in [1.29, 1.82) is 0 Å². The van der Waals surface area contributed by atoms with Gasteiger partial charge in [-0.3, -0.25) is 14.9 Å². The second-order valence-electron chi connectivity index (χ2n) is 6.06. The van der Waals surface area contributed by atoms with E-state index in [9.17, 15) is 14.4 Å². The van der Waals surface area contributed by atoms with Crippen LogP contribution in [0.3, 0.4) is 0 Å². The molecule has 2 aromatic rings. The molecule has 0 aromatic heterocycles. The van der Waals surface area contributed by atoms with Gasteiger partial charge in [-0.1, -0.05) is 60.7 Å². The summed E-state index contributed by atoms with van der Waals surface area (Å²) in [6.45, 7) is 1.86. The standard InChI is InChI=1S/C20H23N3O4/c1-14(16-10-6-3-7-11-16)22-19(25)17(21)12-18(24)23-20(26)27-13-15-8-4-2-5-9-15/h2-11,14,17H,12-13,21H2,1H3,(H,22,25)(H,23,24,26)/t14-,17+/m1/s1. The first kappa shape index (κ1) is 20.1. The largest absolute Gasteiger partial charge is 0.444 e. The Morgan fingerprint density at radius 3 is 2.22 bits per heavy atom. The highest BCUT2D eigenvalue weighted by Crippen LogP contribution is 2.11. The highest BCUT2D eigenvalue weighted by atomic mass is 16.5. The summed E-state index contributed by atoms with van der Waals surface area (Å²) < 4.78 is 4.95. The Kier molecular flexibility index (Phi) is 7.51. The fourth-order valence-electron chi connectivity index (χ4n) is 2.36. The number of hydrogen-bond acceptors (Lipinski definition) is 5. The maximum Gasteiger partial charge on any atom is 0.414 e. The van der Waals surface area contributed by atoms with Gasteiger partial charge in [0.15, 0.2) is 0 Å². The number of ether oxygens (including phenoxy) is 1. The van der Waals surface area contributed by atoms with Crippen LogP contribution in [0.4, 0.5) is 4.79 Å². The molecule has 7 nitrogen and oxygen atoms in total. The van der Waals surface area contributed by atoms with Crippen LogP contribution in [-0.4, -0.2) is 23.9 Å². The number of rotatable bonds is 7. The Morgan fingerprint density at radius 1 is 1.00 bits per heavy atom. The van der Waals surface area contributed by atoms with Gasteiger partial charge >= 0.3 is 6.09 Å². The molecule has 0 saturated heterocycles. The molecule has 0 heterocycles. The van der Waals surface area contributed by atoms with Gasteiger partial charge in [-0.25, -0.2) is 4.79 Å². The van der Waals surface area contributed by atoms with Gasteiger partial charge < -0.3 is 15.8 Å². The van der Waals surface area contributed by atoms with Crippen molar-refractivity contribution in [2.24, 2.45) is 5.73 Å². The van der Waals surface area contributed by atoms with E-state index in [1.165, 1.54) is 0 Å². The second-order valence-corrected chi connectivity index (χ2v) is 6.06. The zero-order valence-corrected chi connectivity index (χ0v) is 15.1. The van der Waals surface area contributed by atoms with Crippen molar-refractivity contribution < 1.29 is 19.1 Å². The van der Waals surface area contributed by atoms with Gasteiger partial charge in [-0.05, 0) is 18.1 Å². The van der Waals surface area contributed by atoms with Crippen molar-refractivity contribution >= 4 is 17.9 Å². The van der Waals surface area contributed by atoms with Crippen molar-refractivity contribution in [3.8, 4) is 0 Å². The van der Waals surface area contributed by atoms with Gasteiger partial charge in [-0.2, -0.15) is 0 Å². The van der Waals surface area contributed by atoms with E-state index in [-0.39, 0.29) is 19.1 Å². The molecule has 0 fully saturated rings. The lowest BCUT2D eigenvalue weighted by Crippen LogP contribution is -2.45. The third-order valence-electron chi connectivity index (χ3n) is 3.85. The van der Waals surface area contributed by atoms with Gasteiger partial charge in [-0.15, -0.1) is 0 Å². The van der Waals surface area contributed by atoms with Gasteiger partial charge in [0.2, 0.25) is 11.8 Å². The Bertz CT molecular complexity index is 765. The van der Waals surface area contributed by atoms with Crippen molar-refractivity contribution in [2.45, 2.75) is 32.0 Å². The number of carbonyl (C=O) groups excluding carboxylic acids is 3. The Morgan fingerprint density at radius 2 is 1.59 bits per heavy atom. The van der Waals surface area contributed by atoms with Gasteiger partial charge in [0.05, 0.1) is 18.5 Å². The molecule has 0 aliphatic heterocycles. The van der Waals surface area contributed by atoms with Crippen LogP contribution in [0.5, 0.6) is 0 Å². The number of nitrogens with one attached hydrogen (secondary N) is 2. The lowest BCUT2D eigenvalue weighted by molar-refractivity contribution is -0.127. The van der Waals surface area contributed by atoms with Crippen LogP contribution in [-0.2, 0) is 20.9 Å². The number of carbonyl (C=O) groups is 3. The minimum absolute atomic E-state index is 0.0427. The normalized spacial score (nSPS) is 12.5. The van der Waals surface area contributed by atoms with Gasteiger partial charge in [0.1, 0.15) is 6.61 Å². The van der Waals surface area contributed by atoms with E-state index < -0.39 is 23.9 Å². The van der Waals surface area contributed by atoms with E-state index in [0.29, 0.717) is 0 Å². The molecule has 2 aromatic carbocycles. The number of amides is 3. The number of benzene rings is 2. The Balaban J connectivity index is 1.73. The molecule has 2 atom stereocenters. The first-order valence-corrected chi connectivity index (χ1v) is 8.57. The monoisotopic (exact) mass is 369 g/mol. The molecule has 0 radical (unpaired) electrons. The summed E-state index contributed by atoms with van der Waals surface area (Å²) in [4.78, 5) is 35.6. The summed E-state index contributed by atoms with van der Waals surface area (Å²) in [5.74, 6) is -1.15. The van der Waals surface area contributed by atoms with Crippen molar-refractivity contribution in [3.05, 3.63) is 71.8 Å². The average Bonchev–Trinajstić information content (AvgIpc) is 2.67. The van der Waals surface area contributed by atoms with Crippen LogP contribution in [0.15, 0.2) is 60.7 Å². The quantitative estimate of drug-likeness (QED) is 0.692. The average molecular weight is 369 g/mol. The van der Waals surface area contributed by atoms with Gasteiger partial charge in [0.25, 0.3) is 0 Å². The molecule has 2 rings (SSSR count). The summed E-state index contributed by atoms with van der Waals surface area (Å²) in [5.41, 5.74) is 7.48. The predicted molar refractivity (Wildman–Crippen MR) is 100 cm³/mol. The summed E-state index contributed by atoms with van der Waals surface area (Å²) in [5, 5.41) is 4.80. The zero-order chi connectivity index (χ0) is 19.6. The molecule has 0 aliphatic rings. The fraction of sp³-hybridized carbons (Fsp3) is 0.250. The van der Waals surface area contributed by atoms with Crippen LogP contribution in [0.1, 0.15) is 30.5 Å². The molecular weight excluding hydrogens is 346 g/mol. The molecule has 0 unspecified atom stereocenters. The highest BCUT2D eigenvalue weighted by Gasteiger charge is 2.21.